The normalized spacial score (nSPS) is 11.6. The molecule has 16 heavy (non-hydrogen) atoms. The van der Waals surface area contributed by atoms with Gasteiger partial charge in [-0.25, -0.2) is 14.6 Å². The number of carbonyl (C=O) groups excluding carboxylic acids is 1. The zero-order chi connectivity index (χ0) is 12.4. The summed E-state index contributed by atoms with van der Waals surface area (Å²) in [5.74, 6) is -1.13. The molecule has 0 rings (SSSR count). The van der Waals surface area contributed by atoms with E-state index >= 15 is 0 Å². The van der Waals surface area contributed by atoms with E-state index in [4.69, 9.17) is 10.8 Å². The van der Waals surface area contributed by atoms with E-state index < -0.39 is 5.97 Å². The number of nitrogens with zero attached hydrogens (tertiary/aromatic N) is 1. The molecule has 0 fully saturated rings. The van der Waals surface area contributed by atoms with Crippen LogP contribution in [0.1, 0.15) is 25.7 Å². The van der Waals surface area contributed by atoms with Crippen LogP contribution in [0, 0.1) is 5.92 Å². The minimum Gasteiger partial charge on any atom is -0.478 e. The predicted molar refractivity (Wildman–Crippen MR) is 60.8 cm³/mol. The first-order valence-corrected chi connectivity index (χ1v) is 5.29. The van der Waals surface area contributed by atoms with Crippen LogP contribution in [0.3, 0.4) is 0 Å². The van der Waals surface area contributed by atoms with Crippen LogP contribution in [0.2, 0.25) is 0 Å². The van der Waals surface area contributed by atoms with E-state index in [1.807, 2.05) is 0 Å². The van der Waals surface area contributed by atoms with Gasteiger partial charge in [0, 0.05) is 5.57 Å². The average Bonchev–Trinajstić information content (AvgIpc) is 2.26. The van der Waals surface area contributed by atoms with Crippen LogP contribution in [0.25, 0.3) is 0 Å². The summed E-state index contributed by atoms with van der Waals surface area (Å²) in [6, 6.07) is 0. The summed E-state index contributed by atoms with van der Waals surface area (Å²) < 4.78 is 0. The van der Waals surface area contributed by atoms with E-state index in [0.717, 1.165) is 19.3 Å². The molecule has 0 aliphatic rings. The second-order valence-electron chi connectivity index (χ2n) is 3.57. The van der Waals surface area contributed by atoms with Crippen molar-refractivity contribution in [2.24, 2.45) is 16.6 Å². The van der Waals surface area contributed by atoms with Crippen LogP contribution < -0.4 is 5.73 Å². The number of hydrogen-bond acceptors (Lipinski definition) is 4. The van der Waals surface area contributed by atoms with Gasteiger partial charge >= 0.3 is 5.97 Å². The first-order chi connectivity index (χ1) is 7.63. The molecule has 0 aromatic heterocycles. The second-order valence-corrected chi connectivity index (χ2v) is 3.57. The molecule has 5 heteroatoms. The van der Waals surface area contributed by atoms with Gasteiger partial charge in [0.25, 0.3) is 0 Å². The number of aliphatic imine (C=N–C) groups is 1. The molecule has 0 aromatic rings. The third-order valence-electron chi connectivity index (χ3n) is 2.43. The number of carboxylic acids is 1. The molecule has 90 valence electrons. The lowest BCUT2D eigenvalue weighted by Crippen LogP contribution is -2.13. The molecule has 0 saturated carbocycles. The summed E-state index contributed by atoms with van der Waals surface area (Å²) in [6.45, 7) is 4.43. The van der Waals surface area contributed by atoms with Crippen molar-refractivity contribution in [3.63, 3.8) is 0 Å². The monoisotopic (exact) mass is 226 g/mol. The summed E-state index contributed by atoms with van der Waals surface area (Å²) in [5, 5.41) is 8.83. The number of carboxylic acid groups (broad SMARTS) is 1. The third-order valence-corrected chi connectivity index (χ3v) is 2.43. The van der Waals surface area contributed by atoms with E-state index in [2.05, 4.69) is 11.6 Å². The lowest BCUT2D eigenvalue weighted by molar-refractivity contribution is -0.133. The van der Waals surface area contributed by atoms with Crippen LogP contribution in [-0.4, -0.2) is 30.2 Å². The van der Waals surface area contributed by atoms with Crippen molar-refractivity contribution in [1.82, 2.24) is 0 Å². The Morgan fingerprint density at radius 3 is 2.62 bits per heavy atom. The van der Waals surface area contributed by atoms with E-state index in [-0.39, 0.29) is 11.5 Å². The predicted octanol–water partition coefficient (Wildman–Crippen LogP) is 1.10. The minimum absolute atomic E-state index is 0.138. The number of nitrogens with two attached hydrogens (primary N) is 1. The van der Waals surface area contributed by atoms with Gasteiger partial charge in [-0.2, -0.15) is 0 Å². The molecule has 1 unspecified atom stereocenters. The van der Waals surface area contributed by atoms with E-state index in [9.17, 15) is 9.59 Å². The van der Waals surface area contributed by atoms with Gasteiger partial charge in [-0.3, -0.25) is 0 Å². The van der Waals surface area contributed by atoms with Gasteiger partial charge in [-0.15, -0.1) is 0 Å². The fourth-order valence-electron chi connectivity index (χ4n) is 1.47. The summed E-state index contributed by atoms with van der Waals surface area (Å²) in [4.78, 5) is 24.1. The van der Waals surface area contributed by atoms with Crippen molar-refractivity contribution < 1.29 is 14.7 Å². The van der Waals surface area contributed by atoms with E-state index in [1.54, 1.807) is 0 Å². The Morgan fingerprint density at radius 1 is 1.44 bits per heavy atom. The fourth-order valence-corrected chi connectivity index (χ4v) is 1.47. The maximum atomic E-state index is 10.8. The number of unbranched alkanes of at least 4 members (excludes halogenated alkanes) is 1. The van der Waals surface area contributed by atoms with Crippen LogP contribution in [-0.2, 0) is 9.59 Å². The summed E-state index contributed by atoms with van der Waals surface area (Å²) in [6.07, 6.45) is 4.39. The Morgan fingerprint density at radius 2 is 2.12 bits per heavy atom. The van der Waals surface area contributed by atoms with Gasteiger partial charge in [0.05, 0.1) is 6.54 Å². The Kier molecular flexibility index (Phi) is 8.03. The molecule has 1 atom stereocenters. The van der Waals surface area contributed by atoms with Crippen LogP contribution in [0.5, 0.6) is 0 Å². The Balaban J connectivity index is 4.20. The molecular weight excluding hydrogens is 208 g/mol. The molecule has 3 N–H and O–H groups in total. The van der Waals surface area contributed by atoms with Crippen molar-refractivity contribution in [1.29, 1.82) is 0 Å². The lowest BCUT2D eigenvalue weighted by Gasteiger charge is -2.15. The molecule has 0 spiro atoms. The zero-order valence-electron chi connectivity index (χ0n) is 9.32. The molecule has 0 amide bonds. The van der Waals surface area contributed by atoms with Crippen molar-refractivity contribution in [3.8, 4) is 0 Å². The molecule has 0 aliphatic heterocycles. The highest BCUT2D eigenvalue weighted by Crippen LogP contribution is 2.20. The average molecular weight is 226 g/mol. The third kappa shape index (κ3) is 6.11. The highest BCUT2D eigenvalue weighted by atomic mass is 16.4. The first kappa shape index (κ1) is 14.6. The zero-order valence-corrected chi connectivity index (χ0v) is 9.32. The highest BCUT2D eigenvalue weighted by Gasteiger charge is 2.17. The standard InChI is InChI=1S/C11H18N2O3/c1-9(11(15)16)10(4-2-3-6-12)5-7-13-8-14/h10H,1-7,12H2,(H,15,16). The lowest BCUT2D eigenvalue weighted by atomic mass is 9.91. The van der Waals surface area contributed by atoms with Crippen LogP contribution in [0.15, 0.2) is 17.1 Å². The van der Waals surface area contributed by atoms with Gasteiger partial charge in [0.2, 0.25) is 6.08 Å². The van der Waals surface area contributed by atoms with Crippen molar-refractivity contribution >= 4 is 12.0 Å². The van der Waals surface area contributed by atoms with Gasteiger partial charge < -0.3 is 10.8 Å². The van der Waals surface area contributed by atoms with Crippen LogP contribution in [0.4, 0.5) is 0 Å². The first-order valence-electron chi connectivity index (χ1n) is 5.29. The largest absolute Gasteiger partial charge is 0.478 e. The molecule has 5 nitrogen and oxygen atoms in total. The second kappa shape index (κ2) is 8.83. The maximum absolute atomic E-state index is 10.8. The fraction of sp³-hybridized carbons (Fsp3) is 0.636. The van der Waals surface area contributed by atoms with Gasteiger partial charge in [-0.1, -0.05) is 13.0 Å². The maximum Gasteiger partial charge on any atom is 0.331 e. The molecule has 0 aliphatic carbocycles. The number of rotatable bonds is 9. The topological polar surface area (TPSA) is 92.8 Å². The Bertz CT molecular complexity index is 283. The Labute approximate surface area is 95.1 Å². The van der Waals surface area contributed by atoms with E-state index in [1.165, 1.54) is 6.08 Å². The van der Waals surface area contributed by atoms with Crippen molar-refractivity contribution in [3.05, 3.63) is 12.2 Å². The highest BCUT2D eigenvalue weighted by molar-refractivity contribution is 5.86. The van der Waals surface area contributed by atoms with E-state index in [0.29, 0.717) is 19.5 Å². The molecule has 0 radical (unpaired) electrons. The number of aliphatic carboxylic acids is 1. The summed E-state index contributed by atoms with van der Waals surface area (Å²) in [7, 11) is 0. The van der Waals surface area contributed by atoms with Gasteiger partial charge in [0.15, 0.2) is 0 Å². The van der Waals surface area contributed by atoms with Crippen LogP contribution >= 0.6 is 0 Å². The number of isocyanates is 1. The minimum atomic E-state index is -0.993. The quantitative estimate of drug-likeness (QED) is 0.266. The molecule has 0 bridgehead atoms. The van der Waals surface area contributed by atoms with Crippen molar-refractivity contribution in [2.45, 2.75) is 25.7 Å². The molecule has 0 heterocycles. The molecule has 0 aromatic carbocycles. The Hall–Kier alpha value is -1.45. The smallest absolute Gasteiger partial charge is 0.331 e. The van der Waals surface area contributed by atoms with Gasteiger partial charge in [0.1, 0.15) is 0 Å². The van der Waals surface area contributed by atoms with Gasteiger partial charge in [-0.05, 0) is 31.7 Å². The number of carbonyl (C=O) groups is 1. The molecular formula is C11H18N2O3. The summed E-state index contributed by atoms with van der Waals surface area (Å²) >= 11 is 0. The van der Waals surface area contributed by atoms with Crippen molar-refractivity contribution in [2.75, 3.05) is 13.1 Å². The number of hydrogen-bond donors (Lipinski definition) is 2. The SMILES string of the molecule is C=C(C(=O)O)C(CCCCN)CCN=C=O. The molecule has 0 saturated heterocycles. The summed E-state index contributed by atoms with van der Waals surface area (Å²) in [5.41, 5.74) is 5.54.